The third-order valence-corrected chi connectivity index (χ3v) is 2.59. The number of hydrogen-bond acceptors (Lipinski definition) is 3. The van der Waals surface area contributed by atoms with Crippen LogP contribution in [0.5, 0.6) is 0 Å². The number of carbonyl (C=O) groups is 1. The van der Waals surface area contributed by atoms with E-state index < -0.39 is 5.97 Å². The average molecular weight is 195 g/mol. The van der Waals surface area contributed by atoms with Crippen LogP contribution < -0.4 is 0 Å². The minimum absolute atomic E-state index is 0.335. The van der Waals surface area contributed by atoms with Crippen LogP contribution in [0.2, 0.25) is 0 Å². The molecular weight excluding hydrogens is 186 g/mol. The van der Waals surface area contributed by atoms with Crippen LogP contribution in [-0.4, -0.2) is 17.3 Å². The van der Waals surface area contributed by atoms with Gasteiger partial charge < -0.3 is 10.5 Å². The lowest BCUT2D eigenvalue weighted by molar-refractivity contribution is 0.0702. The lowest BCUT2D eigenvalue weighted by Gasteiger charge is -1.84. The molecule has 0 spiro atoms. The molecule has 0 fully saturated rings. The van der Waals surface area contributed by atoms with E-state index in [1.807, 2.05) is 6.92 Å². The highest BCUT2D eigenvalue weighted by Crippen LogP contribution is 2.22. The topological polar surface area (TPSA) is 61.1 Å². The van der Waals surface area contributed by atoms with Gasteiger partial charge in [-0.2, -0.15) is 0 Å². The fraction of sp³-hybridized carbons (Fsp3) is 0.111. The Morgan fingerprint density at radius 3 is 2.85 bits per heavy atom. The first-order valence-electron chi connectivity index (χ1n) is 3.66. The van der Waals surface area contributed by atoms with Crippen molar-refractivity contribution in [2.24, 2.45) is 0 Å². The highest BCUT2D eigenvalue weighted by atomic mass is 32.1. The van der Waals surface area contributed by atoms with Crippen LogP contribution in [0.1, 0.15) is 20.1 Å². The van der Waals surface area contributed by atoms with Crippen molar-refractivity contribution < 1.29 is 9.90 Å². The molecule has 0 saturated carbocycles. The van der Waals surface area contributed by atoms with Gasteiger partial charge in [-0.05, 0) is 24.6 Å². The van der Waals surface area contributed by atoms with E-state index in [2.05, 4.69) is 0 Å². The predicted octanol–water partition coefficient (Wildman–Crippen LogP) is 2.42. The molecule has 13 heavy (non-hydrogen) atoms. The molecule has 4 heteroatoms. The fourth-order valence-electron chi connectivity index (χ4n) is 0.919. The molecule has 1 aromatic heterocycles. The van der Waals surface area contributed by atoms with Gasteiger partial charge in [0.1, 0.15) is 4.88 Å². The van der Waals surface area contributed by atoms with Crippen molar-refractivity contribution in [2.45, 2.75) is 6.92 Å². The van der Waals surface area contributed by atoms with E-state index in [0.29, 0.717) is 4.88 Å². The van der Waals surface area contributed by atoms with E-state index in [1.165, 1.54) is 11.3 Å². The van der Waals surface area contributed by atoms with Crippen LogP contribution >= 0.6 is 11.3 Å². The molecule has 0 unspecified atom stereocenters. The maximum atomic E-state index is 10.6. The minimum Gasteiger partial charge on any atom is -0.477 e. The van der Waals surface area contributed by atoms with Gasteiger partial charge in [-0.15, -0.1) is 11.3 Å². The van der Waals surface area contributed by atoms with E-state index in [9.17, 15) is 4.79 Å². The molecule has 0 amide bonds. The standard InChI is InChI=1S/C9H9NO2S/c1-6-7(3-2-4-10)5-8(13-6)9(11)12/h2-5,10H,1H3,(H,11,12)/b3-2-,10-4?. The van der Waals surface area contributed by atoms with Gasteiger partial charge in [-0.25, -0.2) is 4.79 Å². The number of hydrogen-bond donors (Lipinski definition) is 2. The minimum atomic E-state index is -0.900. The van der Waals surface area contributed by atoms with Crippen molar-refractivity contribution in [2.75, 3.05) is 0 Å². The Kier molecular flexibility index (Phi) is 2.97. The Balaban J connectivity index is 3.02. The summed E-state index contributed by atoms with van der Waals surface area (Å²) in [5, 5.41) is 15.5. The Hall–Kier alpha value is -1.42. The summed E-state index contributed by atoms with van der Waals surface area (Å²) in [6.07, 6.45) is 4.46. The van der Waals surface area contributed by atoms with Gasteiger partial charge >= 0.3 is 5.97 Å². The third-order valence-electron chi connectivity index (χ3n) is 1.54. The van der Waals surface area contributed by atoms with Crippen LogP contribution in [0.3, 0.4) is 0 Å². The number of allylic oxidation sites excluding steroid dienone is 1. The molecule has 0 radical (unpaired) electrons. The molecule has 0 aromatic carbocycles. The molecule has 1 heterocycles. The number of aromatic carboxylic acids is 1. The molecule has 68 valence electrons. The molecule has 2 N–H and O–H groups in total. The largest absolute Gasteiger partial charge is 0.477 e. The molecule has 1 aromatic rings. The Bertz CT molecular complexity index is 366. The highest BCUT2D eigenvalue weighted by Gasteiger charge is 2.08. The number of nitrogens with one attached hydrogen (secondary N) is 1. The zero-order valence-corrected chi connectivity index (χ0v) is 7.89. The molecule has 1 rings (SSSR count). The monoisotopic (exact) mass is 195 g/mol. The van der Waals surface area contributed by atoms with Crippen molar-refractivity contribution in [1.82, 2.24) is 0 Å². The Morgan fingerprint density at radius 1 is 1.69 bits per heavy atom. The Labute approximate surface area is 79.8 Å². The predicted molar refractivity (Wildman–Crippen MR) is 53.8 cm³/mol. The van der Waals surface area contributed by atoms with E-state index in [0.717, 1.165) is 16.7 Å². The van der Waals surface area contributed by atoms with E-state index in [-0.39, 0.29) is 0 Å². The van der Waals surface area contributed by atoms with Crippen molar-refractivity contribution >= 4 is 29.6 Å². The number of carboxylic acid groups (broad SMARTS) is 1. The zero-order chi connectivity index (χ0) is 9.84. The number of rotatable bonds is 3. The third kappa shape index (κ3) is 2.26. The van der Waals surface area contributed by atoms with Gasteiger partial charge in [-0.3, -0.25) is 0 Å². The molecule has 0 saturated heterocycles. The van der Waals surface area contributed by atoms with Gasteiger partial charge in [0, 0.05) is 11.1 Å². The molecular formula is C9H9NO2S. The summed E-state index contributed by atoms with van der Waals surface area (Å²) in [4.78, 5) is 11.9. The lowest BCUT2D eigenvalue weighted by atomic mass is 10.2. The van der Waals surface area contributed by atoms with Crippen molar-refractivity contribution in [3.8, 4) is 0 Å². The number of aryl methyl sites for hydroxylation is 1. The van der Waals surface area contributed by atoms with Crippen LogP contribution in [0.4, 0.5) is 0 Å². The van der Waals surface area contributed by atoms with Crippen molar-refractivity contribution in [3.63, 3.8) is 0 Å². The summed E-state index contributed by atoms with van der Waals surface area (Å²) < 4.78 is 0. The summed E-state index contributed by atoms with van der Waals surface area (Å²) >= 11 is 1.25. The molecule has 0 aliphatic heterocycles. The molecule has 3 nitrogen and oxygen atoms in total. The summed E-state index contributed by atoms with van der Waals surface area (Å²) in [5.74, 6) is -0.900. The summed E-state index contributed by atoms with van der Waals surface area (Å²) in [6, 6.07) is 1.61. The second-order valence-corrected chi connectivity index (χ2v) is 3.71. The molecule has 0 bridgehead atoms. The molecule has 0 atom stereocenters. The normalized spacial score (nSPS) is 10.5. The second-order valence-electron chi connectivity index (χ2n) is 2.45. The van der Waals surface area contributed by atoms with E-state index in [4.69, 9.17) is 10.5 Å². The maximum absolute atomic E-state index is 10.6. The number of thiophene rings is 1. The second kappa shape index (κ2) is 4.00. The van der Waals surface area contributed by atoms with Gasteiger partial charge in [0.15, 0.2) is 0 Å². The maximum Gasteiger partial charge on any atom is 0.345 e. The number of carboxylic acids is 1. The van der Waals surface area contributed by atoms with Gasteiger partial charge in [-0.1, -0.05) is 6.08 Å². The van der Waals surface area contributed by atoms with Gasteiger partial charge in [0.25, 0.3) is 0 Å². The van der Waals surface area contributed by atoms with Gasteiger partial charge in [0.05, 0.1) is 0 Å². The smallest absolute Gasteiger partial charge is 0.345 e. The van der Waals surface area contributed by atoms with E-state index in [1.54, 1.807) is 18.2 Å². The van der Waals surface area contributed by atoms with Crippen LogP contribution in [0, 0.1) is 12.3 Å². The quantitative estimate of drug-likeness (QED) is 0.727. The average Bonchev–Trinajstić information content (AvgIpc) is 2.44. The fourth-order valence-corrected chi connectivity index (χ4v) is 1.77. The van der Waals surface area contributed by atoms with Crippen LogP contribution in [0.25, 0.3) is 6.08 Å². The first-order valence-corrected chi connectivity index (χ1v) is 4.47. The summed E-state index contributed by atoms with van der Waals surface area (Å²) in [6.45, 7) is 1.86. The van der Waals surface area contributed by atoms with Crippen LogP contribution in [0.15, 0.2) is 12.1 Å². The van der Waals surface area contributed by atoms with Crippen molar-refractivity contribution in [3.05, 3.63) is 27.5 Å². The highest BCUT2D eigenvalue weighted by molar-refractivity contribution is 7.14. The van der Waals surface area contributed by atoms with Crippen LogP contribution in [-0.2, 0) is 0 Å². The summed E-state index contributed by atoms with van der Waals surface area (Å²) in [5.41, 5.74) is 0.867. The lowest BCUT2D eigenvalue weighted by Crippen LogP contribution is -1.89. The van der Waals surface area contributed by atoms with Gasteiger partial charge in [0.2, 0.25) is 0 Å². The molecule has 0 aliphatic rings. The first kappa shape index (κ1) is 9.67. The zero-order valence-electron chi connectivity index (χ0n) is 7.07. The summed E-state index contributed by atoms with van der Waals surface area (Å²) in [7, 11) is 0. The Morgan fingerprint density at radius 2 is 2.38 bits per heavy atom. The molecule has 0 aliphatic carbocycles. The van der Waals surface area contributed by atoms with E-state index >= 15 is 0 Å². The van der Waals surface area contributed by atoms with Crippen molar-refractivity contribution in [1.29, 1.82) is 5.41 Å². The SMILES string of the molecule is Cc1sc(C(=O)O)cc1/C=C\C=N. The first-order chi connectivity index (χ1) is 6.15.